The van der Waals surface area contributed by atoms with E-state index in [1.807, 2.05) is 35.2 Å². The summed E-state index contributed by atoms with van der Waals surface area (Å²) < 4.78 is 21.4. The highest BCUT2D eigenvalue weighted by molar-refractivity contribution is 7.15. The molecule has 4 nitrogen and oxygen atoms in total. The minimum absolute atomic E-state index is 0.256. The van der Waals surface area contributed by atoms with Gasteiger partial charge in [-0.15, -0.1) is 11.3 Å². The summed E-state index contributed by atoms with van der Waals surface area (Å²) in [6.45, 7) is 3.80. The SMILES string of the molecule is CCNCc1ccc(OCc2cn3ccsc3n2)c(F)c1. The molecule has 6 heteroatoms. The van der Waals surface area contributed by atoms with Gasteiger partial charge in [0.1, 0.15) is 6.61 Å². The van der Waals surface area contributed by atoms with Gasteiger partial charge in [0.25, 0.3) is 0 Å². The lowest BCUT2D eigenvalue weighted by atomic mass is 10.2. The van der Waals surface area contributed by atoms with Crippen molar-refractivity contribution in [3.8, 4) is 5.75 Å². The summed E-state index contributed by atoms with van der Waals surface area (Å²) in [7, 11) is 0. The monoisotopic (exact) mass is 305 g/mol. The number of hydrogen-bond donors (Lipinski definition) is 1. The third-order valence-corrected chi connectivity index (χ3v) is 3.86. The lowest BCUT2D eigenvalue weighted by Gasteiger charge is -2.08. The van der Waals surface area contributed by atoms with Crippen molar-refractivity contribution in [1.82, 2.24) is 14.7 Å². The number of halogens is 1. The lowest BCUT2D eigenvalue weighted by Crippen LogP contribution is -2.11. The van der Waals surface area contributed by atoms with Crippen molar-refractivity contribution in [3.05, 3.63) is 53.0 Å². The fourth-order valence-corrected chi connectivity index (χ4v) is 2.76. The molecular formula is C15H16FN3OS. The molecule has 0 aliphatic carbocycles. The Kier molecular flexibility index (Phi) is 4.17. The van der Waals surface area contributed by atoms with E-state index < -0.39 is 0 Å². The molecule has 0 fully saturated rings. The first-order chi connectivity index (χ1) is 10.3. The highest BCUT2D eigenvalue weighted by atomic mass is 32.1. The predicted octanol–water partition coefficient (Wildman–Crippen LogP) is 3.22. The fourth-order valence-electron chi connectivity index (χ4n) is 2.04. The van der Waals surface area contributed by atoms with Gasteiger partial charge < -0.3 is 10.1 Å². The number of aromatic nitrogens is 2. The van der Waals surface area contributed by atoms with Crippen LogP contribution in [-0.4, -0.2) is 15.9 Å². The van der Waals surface area contributed by atoms with Gasteiger partial charge in [-0.2, -0.15) is 0 Å². The molecule has 0 unspecified atom stereocenters. The zero-order valence-electron chi connectivity index (χ0n) is 11.7. The van der Waals surface area contributed by atoms with Crippen LogP contribution in [0.1, 0.15) is 18.2 Å². The van der Waals surface area contributed by atoms with Gasteiger partial charge in [-0.1, -0.05) is 13.0 Å². The maximum absolute atomic E-state index is 13.9. The van der Waals surface area contributed by atoms with Crippen LogP contribution in [0.3, 0.4) is 0 Å². The van der Waals surface area contributed by atoms with Crippen LogP contribution in [0.15, 0.2) is 36.0 Å². The van der Waals surface area contributed by atoms with E-state index in [1.165, 1.54) is 6.07 Å². The molecule has 0 aliphatic rings. The summed E-state index contributed by atoms with van der Waals surface area (Å²) in [5, 5.41) is 5.13. The Balaban J connectivity index is 1.65. The largest absolute Gasteiger partial charge is 0.484 e. The molecule has 2 heterocycles. The standard InChI is InChI=1S/C15H16FN3OS/c1-2-17-8-11-3-4-14(13(16)7-11)20-10-12-9-19-5-6-21-15(19)18-12/h3-7,9,17H,2,8,10H2,1H3. The predicted molar refractivity (Wildman–Crippen MR) is 81.2 cm³/mol. The van der Waals surface area contributed by atoms with Crippen molar-refractivity contribution in [2.45, 2.75) is 20.1 Å². The van der Waals surface area contributed by atoms with Crippen molar-refractivity contribution >= 4 is 16.3 Å². The average Bonchev–Trinajstić information content (AvgIpc) is 3.05. The Morgan fingerprint density at radius 2 is 2.33 bits per heavy atom. The number of imidazole rings is 1. The second-order valence-electron chi connectivity index (χ2n) is 4.66. The molecule has 0 saturated carbocycles. The topological polar surface area (TPSA) is 38.6 Å². The summed E-state index contributed by atoms with van der Waals surface area (Å²) in [5.41, 5.74) is 1.70. The number of fused-ring (bicyclic) bond motifs is 1. The van der Waals surface area contributed by atoms with Crippen LogP contribution in [0.5, 0.6) is 5.75 Å². The number of benzene rings is 1. The number of thiazole rings is 1. The molecule has 2 aromatic heterocycles. The van der Waals surface area contributed by atoms with Crippen LogP contribution in [0.2, 0.25) is 0 Å². The molecule has 0 amide bonds. The molecule has 0 radical (unpaired) electrons. The Labute approximate surface area is 126 Å². The molecule has 1 N–H and O–H groups in total. The highest BCUT2D eigenvalue weighted by Crippen LogP contribution is 2.20. The van der Waals surface area contributed by atoms with Crippen LogP contribution in [0, 0.1) is 5.82 Å². The number of rotatable bonds is 6. The molecule has 0 atom stereocenters. The molecule has 0 spiro atoms. The first-order valence-corrected chi connectivity index (χ1v) is 7.67. The van der Waals surface area contributed by atoms with E-state index in [1.54, 1.807) is 17.4 Å². The number of nitrogens with zero attached hydrogens (tertiary/aromatic N) is 2. The molecule has 0 bridgehead atoms. The molecular weight excluding hydrogens is 289 g/mol. The summed E-state index contributed by atoms with van der Waals surface area (Å²) in [6, 6.07) is 5.04. The fraction of sp³-hybridized carbons (Fsp3) is 0.267. The van der Waals surface area contributed by atoms with Crippen LogP contribution in [-0.2, 0) is 13.2 Å². The molecule has 110 valence electrons. The van der Waals surface area contributed by atoms with Gasteiger partial charge >= 0.3 is 0 Å². The van der Waals surface area contributed by atoms with Crippen molar-refractivity contribution in [3.63, 3.8) is 0 Å². The normalized spacial score (nSPS) is 11.1. The maximum atomic E-state index is 13.9. The van der Waals surface area contributed by atoms with E-state index in [0.29, 0.717) is 6.54 Å². The van der Waals surface area contributed by atoms with Gasteiger partial charge in [-0.25, -0.2) is 9.37 Å². The van der Waals surface area contributed by atoms with Crippen LogP contribution >= 0.6 is 11.3 Å². The number of nitrogens with one attached hydrogen (secondary N) is 1. The summed E-state index contributed by atoms with van der Waals surface area (Å²) in [6.07, 6.45) is 3.83. The zero-order valence-corrected chi connectivity index (χ0v) is 12.5. The van der Waals surface area contributed by atoms with Gasteiger partial charge in [-0.3, -0.25) is 4.40 Å². The Bertz CT molecular complexity index is 709. The van der Waals surface area contributed by atoms with E-state index in [9.17, 15) is 4.39 Å². The first kappa shape index (κ1) is 14.0. The molecule has 1 aromatic carbocycles. The highest BCUT2D eigenvalue weighted by Gasteiger charge is 2.07. The lowest BCUT2D eigenvalue weighted by molar-refractivity contribution is 0.286. The van der Waals surface area contributed by atoms with E-state index in [-0.39, 0.29) is 18.2 Å². The van der Waals surface area contributed by atoms with Gasteiger partial charge in [0.2, 0.25) is 0 Å². The van der Waals surface area contributed by atoms with E-state index in [0.717, 1.165) is 22.8 Å². The van der Waals surface area contributed by atoms with Gasteiger partial charge in [-0.05, 0) is 24.2 Å². The molecule has 3 aromatic rings. The second-order valence-corrected chi connectivity index (χ2v) is 5.53. The van der Waals surface area contributed by atoms with Crippen molar-refractivity contribution < 1.29 is 9.13 Å². The zero-order chi connectivity index (χ0) is 14.7. The number of hydrogen-bond acceptors (Lipinski definition) is 4. The minimum atomic E-state index is -0.341. The van der Waals surface area contributed by atoms with Gasteiger partial charge in [0, 0.05) is 24.3 Å². The Morgan fingerprint density at radius 3 is 3.10 bits per heavy atom. The third-order valence-electron chi connectivity index (χ3n) is 3.09. The first-order valence-electron chi connectivity index (χ1n) is 6.79. The van der Waals surface area contributed by atoms with Crippen molar-refractivity contribution in [2.75, 3.05) is 6.54 Å². The average molecular weight is 305 g/mol. The molecule has 21 heavy (non-hydrogen) atoms. The maximum Gasteiger partial charge on any atom is 0.193 e. The van der Waals surface area contributed by atoms with Gasteiger partial charge in [0.15, 0.2) is 16.5 Å². The van der Waals surface area contributed by atoms with Crippen LogP contribution < -0.4 is 10.1 Å². The minimum Gasteiger partial charge on any atom is -0.484 e. The summed E-state index contributed by atoms with van der Waals surface area (Å²) in [4.78, 5) is 5.31. The van der Waals surface area contributed by atoms with Crippen LogP contribution in [0.25, 0.3) is 4.96 Å². The van der Waals surface area contributed by atoms with Crippen LogP contribution in [0.4, 0.5) is 4.39 Å². The Hall–Kier alpha value is -1.92. The van der Waals surface area contributed by atoms with Crippen molar-refractivity contribution in [2.24, 2.45) is 0 Å². The third kappa shape index (κ3) is 3.22. The molecule has 3 rings (SSSR count). The van der Waals surface area contributed by atoms with E-state index >= 15 is 0 Å². The smallest absolute Gasteiger partial charge is 0.193 e. The van der Waals surface area contributed by atoms with E-state index in [2.05, 4.69) is 10.3 Å². The molecule has 0 aliphatic heterocycles. The van der Waals surface area contributed by atoms with Gasteiger partial charge in [0.05, 0.1) is 5.69 Å². The summed E-state index contributed by atoms with van der Waals surface area (Å²) >= 11 is 1.56. The number of ether oxygens (including phenoxy) is 1. The second kappa shape index (κ2) is 6.24. The quantitative estimate of drug-likeness (QED) is 0.760. The van der Waals surface area contributed by atoms with E-state index in [4.69, 9.17) is 4.74 Å². The van der Waals surface area contributed by atoms with Crippen molar-refractivity contribution in [1.29, 1.82) is 0 Å². The Morgan fingerprint density at radius 1 is 1.43 bits per heavy atom. The summed E-state index contributed by atoms with van der Waals surface area (Å²) in [5.74, 6) is -0.0852. The molecule has 0 saturated heterocycles.